The number of hydrogen-bond donors (Lipinski definition) is 1. The number of amides is 1. The summed E-state index contributed by atoms with van der Waals surface area (Å²) < 4.78 is 23.4. The Morgan fingerprint density at radius 1 is 1.55 bits per heavy atom. The van der Waals surface area contributed by atoms with Gasteiger partial charge in [0.15, 0.2) is 0 Å². The lowest BCUT2D eigenvalue weighted by molar-refractivity contribution is -0.126. The third kappa shape index (κ3) is 4.78. The van der Waals surface area contributed by atoms with Crippen molar-refractivity contribution in [2.24, 2.45) is 0 Å². The molecule has 0 saturated carbocycles. The number of nitriles is 1. The zero-order chi connectivity index (χ0) is 15.0. The first kappa shape index (κ1) is 16.4. The van der Waals surface area contributed by atoms with E-state index in [1.165, 1.54) is 25.3 Å². The molecule has 0 spiro atoms. The molecule has 0 saturated heterocycles. The number of nitrogens with one attached hydrogen (secondary N) is 1. The van der Waals surface area contributed by atoms with Crippen LogP contribution in [-0.2, 0) is 14.3 Å². The third-order valence-corrected chi connectivity index (χ3v) is 2.72. The average molecular weight is 301 g/mol. The summed E-state index contributed by atoms with van der Waals surface area (Å²) in [6.45, 7) is 0.364. The predicted molar refractivity (Wildman–Crippen MR) is 70.6 cm³/mol. The number of methoxy groups -OCH3 is 1. The number of rotatable bonds is 7. The Hall–Kier alpha value is -1.68. The maximum absolute atomic E-state index is 13.7. The minimum Gasteiger partial charge on any atom is -0.382 e. The summed E-state index contributed by atoms with van der Waals surface area (Å²) in [6, 6.07) is 4.68. The Bertz CT molecular complexity index is 485. The minimum atomic E-state index is -1.16. The molecule has 0 fully saturated rings. The molecule has 0 aliphatic heterocycles. The van der Waals surface area contributed by atoms with Crippen LogP contribution in [0, 0.1) is 17.1 Å². The van der Waals surface area contributed by atoms with Crippen molar-refractivity contribution in [1.82, 2.24) is 5.32 Å². The van der Waals surface area contributed by atoms with Gasteiger partial charge in [0.25, 0.3) is 0 Å². The van der Waals surface area contributed by atoms with Gasteiger partial charge in [0.1, 0.15) is 18.5 Å². The van der Waals surface area contributed by atoms with E-state index in [0.717, 1.165) is 0 Å². The van der Waals surface area contributed by atoms with Crippen LogP contribution < -0.4 is 5.32 Å². The van der Waals surface area contributed by atoms with Crippen LogP contribution in [0.4, 0.5) is 4.39 Å². The molecular formula is C13H14ClFN2O3. The first-order chi connectivity index (χ1) is 9.60. The quantitative estimate of drug-likeness (QED) is 0.780. The summed E-state index contributed by atoms with van der Waals surface area (Å²) >= 11 is 5.84. The molecule has 0 aliphatic rings. The third-order valence-electron chi connectivity index (χ3n) is 2.39. The zero-order valence-electron chi connectivity index (χ0n) is 10.9. The van der Waals surface area contributed by atoms with Crippen molar-refractivity contribution in [1.29, 1.82) is 5.26 Å². The molecule has 5 nitrogen and oxygen atoms in total. The second kappa shape index (κ2) is 8.48. The smallest absolute Gasteiger partial charge is 0.247 e. The van der Waals surface area contributed by atoms with Crippen LogP contribution in [0.2, 0.25) is 5.02 Å². The highest BCUT2D eigenvalue weighted by Gasteiger charge is 2.20. The number of halogens is 2. The van der Waals surface area contributed by atoms with E-state index in [-0.39, 0.29) is 23.8 Å². The molecule has 1 rings (SSSR count). The molecule has 1 amide bonds. The largest absolute Gasteiger partial charge is 0.382 e. The van der Waals surface area contributed by atoms with Gasteiger partial charge in [-0.3, -0.25) is 4.79 Å². The zero-order valence-corrected chi connectivity index (χ0v) is 11.6. The summed E-state index contributed by atoms with van der Waals surface area (Å²) in [5, 5.41) is 11.5. The van der Waals surface area contributed by atoms with E-state index >= 15 is 0 Å². The van der Waals surface area contributed by atoms with Crippen LogP contribution in [-0.4, -0.2) is 32.8 Å². The molecule has 108 valence electrons. The van der Waals surface area contributed by atoms with Crippen molar-refractivity contribution in [3.63, 3.8) is 0 Å². The molecule has 1 atom stereocenters. The topological polar surface area (TPSA) is 71.3 Å². The number of carbonyl (C=O) groups is 1. The second-order valence-corrected chi connectivity index (χ2v) is 4.22. The minimum absolute atomic E-state index is 0.0538. The normalized spacial score (nSPS) is 11.7. The van der Waals surface area contributed by atoms with Crippen LogP contribution in [0.25, 0.3) is 0 Å². The Balaban J connectivity index is 2.64. The molecule has 1 aromatic rings. The fourth-order valence-electron chi connectivity index (χ4n) is 1.47. The van der Waals surface area contributed by atoms with Crippen molar-refractivity contribution in [3.05, 3.63) is 34.6 Å². The Kier molecular flexibility index (Phi) is 6.94. The fraction of sp³-hybridized carbons (Fsp3) is 0.385. The highest BCUT2D eigenvalue weighted by atomic mass is 35.5. The molecular weight excluding hydrogens is 287 g/mol. The molecule has 0 radical (unpaired) electrons. The maximum Gasteiger partial charge on any atom is 0.247 e. The van der Waals surface area contributed by atoms with Crippen molar-refractivity contribution >= 4 is 17.5 Å². The van der Waals surface area contributed by atoms with E-state index in [9.17, 15) is 9.18 Å². The number of carbonyl (C=O) groups excluding carboxylic acids is 1. The van der Waals surface area contributed by atoms with Gasteiger partial charge < -0.3 is 14.8 Å². The number of nitrogens with zero attached hydrogens (tertiary/aromatic N) is 1. The molecule has 0 heterocycles. The molecule has 0 aliphatic carbocycles. The van der Waals surface area contributed by atoms with Gasteiger partial charge in [0.05, 0.1) is 19.3 Å². The van der Waals surface area contributed by atoms with Crippen molar-refractivity contribution in [2.75, 3.05) is 26.9 Å². The lowest BCUT2D eigenvalue weighted by atomic mass is 10.1. The first-order valence-corrected chi connectivity index (χ1v) is 6.17. The SMILES string of the molecule is COCCOCC(=O)NC(C#N)c1c(F)cccc1Cl. The van der Waals surface area contributed by atoms with Gasteiger partial charge in [-0.25, -0.2) is 4.39 Å². The van der Waals surface area contributed by atoms with Crippen LogP contribution in [0.15, 0.2) is 18.2 Å². The number of benzene rings is 1. The van der Waals surface area contributed by atoms with Gasteiger partial charge in [-0.1, -0.05) is 17.7 Å². The van der Waals surface area contributed by atoms with Crippen molar-refractivity contribution in [3.8, 4) is 6.07 Å². The van der Waals surface area contributed by atoms with E-state index in [4.69, 9.17) is 26.3 Å². The predicted octanol–water partition coefficient (Wildman–Crippen LogP) is 1.82. The summed E-state index contributed by atoms with van der Waals surface area (Å²) in [4.78, 5) is 11.6. The van der Waals surface area contributed by atoms with Gasteiger partial charge in [0.2, 0.25) is 5.91 Å². The van der Waals surface area contributed by atoms with Crippen LogP contribution in [0.3, 0.4) is 0 Å². The molecule has 0 bridgehead atoms. The molecule has 20 heavy (non-hydrogen) atoms. The molecule has 1 aromatic carbocycles. The van der Waals surface area contributed by atoms with Gasteiger partial charge in [-0.05, 0) is 12.1 Å². The summed E-state index contributed by atoms with van der Waals surface area (Å²) in [5.41, 5.74) is -0.0538. The van der Waals surface area contributed by atoms with Gasteiger partial charge in [-0.15, -0.1) is 0 Å². The summed E-state index contributed by atoms with van der Waals surface area (Å²) in [5.74, 6) is -1.18. The van der Waals surface area contributed by atoms with E-state index in [2.05, 4.69) is 5.32 Å². The van der Waals surface area contributed by atoms with E-state index in [1.807, 2.05) is 0 Å². The number of ether oxygens (including phenoxy) is 2. The van der Waals surface area contributed by atoms with Crippen molar-refractivity contribution in [2.45, 2.75) is 6.04 Å². The molecule has 0 aromatic heterocycles. The van der Waals surface area contributed by atoms with E-state index in [1.54, 1.807) is 6.07 Å². The average Bonchev–Trinajstić information content (AvgIpc) is 2.42. The van der Waals surface area contributed by atoms with Crippen LogP contribution in [0.1, 0.15) is 11.6 Å². The Labute approximate surface area is 121 Å². The summed E-state index contributed by atoms with van der Waals surface area (Å²) in [6.07, 6.45) is 0. The standard InChI is InChI=1S/C13H14ClFN2O3/c1-19-5-6-20-8-12(18)17-11(7-16)13-9(14)3-2-4-10(13)15/h2-4,11H,5-6,8H2,1H3,(H,17,18). The van der Waals surface area contributed by atoms with Gasteiger partial charge in [-0.2, -0.15) is 5.26 Å². The highest BCUT2D eigenvalue weighted by molar-refractivity contribution is 6.31. The first-order valence-electron chi connectivity index (χ1n) is 5.79. The maximum atomic E-state index is 13.7. The van der Waals surface area contributed by atoms with E-state index in [0.29, 0.717) is 6.61 Å². The van der Waals surface area contributed by atoms with Crippen molar-refractivity contribution < 1.29 is 18.7 Å². The van der Waals surface area contributed by atoms with Gasteiger partial charge >= 0.3 is 0 Å². The monoisotopic (exact) mass is 300 g/mol. The fourth-order valence-corrected chi connectivity index (χ4v) is 1.74. The Morgan fingerprint density at radius 2 is 2.30 bits per heavy atom. The van der Waals surface area contributed by atoms with Crippen LogP contribution >= 0.6 is 11.6 Å². The molecule has 1 unspecified atom stereocenters. The highest BCUT2D eigenvalue weighted by Crippen LogP contribution is 2.25. The Morgan fingerprint density at radius 3 is 2.90 bits per heavy atom. The molecule has 1 N–H and O–H groups in total. The number of hydrogen-bond acceptors (Lipinski definition) is 4. The van der Waals surface area contributed by atoms with Crippen LogP contribution in [0.5, 0.6) is 0 Å². The molecule has 7 heteroatoms. The summed E-state index contributed by atoms with van der Waals surface area (Å²) in [7, 11) is 1.51. The van der Waals surface area contributed by atoms with E-state index < -0.39 is 17.8 Å². The van der Waals surface area contributed by atoms with Gasteiger partial charge in [0, 0.05) is 17.7 Å². The lowest BCUT2D eigenvalue weighted by Gasteiger charge is -2.14. The second-order valence-electron chi connectivity index (χ2n) is 3.81. The lowest BCUT2D eigenvalue weighted by Crippen LogP contribution is -2.32.